The van der Waals surface area contributed by atoms with Gasteiger partial charge in [0.2, 0.25) is 0 Å². The third kappa shape index (κ3) is 3.59. The molecule has 0 spiro atoms. The zero-order valence-corrected chi connectivity index (χ0v) is 11.7. The number of nitrogen functional groups attached to an aromatic ring is 1. The molecule has 102 valence electrons. The van der Waals surface area contributed by atoms with Crippen LogP contribution in [0.5, 0.6) is 0 Å². The molecule has 0 radical (unpaired) electrons. The highest BCUT2D eigenvalue weighted by molar-refractivity contribution is 5.46. The van der Waals surface area contributed by atoms with Crippen LogP contribution in [0.25, 0.3) is 0 Å². The number of nitrogens with zero attached hydrogens (tertiary/aromatic N) is 2. The summed E-state index contributed by atoms with van der Waals surface area (Å²) in [7, 11) is 0. The summed E-state index contributed by atoms with van der Waals surface area (Å²) >= 11 is 0. The Balaban J connectivity index is 2.09. The second-order valence-corrected chi connectivity index (χ2v) is 4.81. The molecule has 3 heteroatoms. The lowest BCUT2D eigenvalue weighted by Gasteiger charge is -2.21. The van der Waals surface area contributed by atoms with Gasteiger partial charge in [0.25, 0.3) is 0 Å². The van der Waals surface area contributed by atoms with E-state index in [9.17, 15) is 0 Å². The minimum Gasteiger partial charge on any atom is -0.398 e. The lowest BCUT2D eigenvalue weighted by atomic mass is 10.1. The van der Waals surface area contributed by atoms with Crippen molar-refractivity contribution in [1.29, 1.82) is 5.26 Å². The van der Waals surface area contributed by atoms with Gasteiger partial charge < -0.3 is 5.73 Å². The van der Waals surface area contributed by atoms with Crippen molar-refractivity contribution in [1.82, 2.24) is 4.90 Å². The van der Waals surface area contributed by atoms with Crippen molar-refractivity contribution in [2.75, 3.05) is 12.3 Å². The van der Waals surface area contributed by atoms with E-state index in [4.69, 9.17) is 11.0 Å². The van der Waals surface area contributed by atoms with Crippen molar-refractivity contribution in [3.8, 4) is 6.07 Å². The normalized spacial score (nSPS) is 10.4. The van der Waals surface area contributed by atoms with Gasteiger partial charge in [-0.2, -0.15) is 5.26 Å². The molecule has 0 atom stereocenters. The monoisotopic (exact) mass is 265 g/mol. The van der Waals surface area contributed by atoms with Crippen LogP contribution in [0.3, 0.4) is 0 Å². The number of benzene rings is 2. The maximum atomic E-state index is 8.94. The molecular weight excluding hydrogens is 246 g/mol. The molecule has 0 saturated heterocycles. The molecule has 2 rings (SSSR count). The zero-order valence-electron chi connectivity index (χ0n) is 11.7. The first-order chi connectivity index (χ1) is 9.72. The van der Waals surface area contributed by atoms with E-state index < -0.39 is 0 Å². The summed E-state index contributed by atoms with van der Waals surface area (Å²) in [5.41, 5.74) is 9.83. The molecule has 0 heterocycles. The van der Waals surface area contributed by atoms with Crippen LogP contribution < -0.4 is 5.73 Å². The quantitative estimate of drug-likeness (QED) is 0.845. The average molecular weight is 265 g/mol. The predicted octanol–water partition coefficient (Wildman–Crippen LogP) is 3.16. The van der Waals surface area contributed by atoms with Gasteiger partial charge in [0, 0.05) is 18.8 Å². The average Bonchev–Trinajstić information content (AvgIpc) is 2.49. The van der Waals surface area contributed by atoms with Crippen LogP contribution >= 0.6 is 0 Å². The van der Waals surface area contributed by atoms with E-state index in [-0.39, 0.29) is 0 Å². The Morgan fingerprint density at radius 2 is 1.90 bits per heavy atom. The highest BCUT2D eigenvalue weighted by atomic mass is 15.1. The van der Waals surface area contributed by atoms with Gasteiger partial charge in [-0.15, -0.1) is 0 Å². The topological polar surface area (TPSA) is 53.0 Å². The lowest BCUT2D eigenvalue weighted by Crippen LogP contribution is -2.22. The van der Waals surface area contributed by atoms with Gasteiger partial charge in [-0.3, -0.25) is 4.90 Å². The highest BCUT2D eigenvalue weighted by Crippen LogP contribution is 2.15. The first-order valence-electron chi connectivity index (χ1n) is 6.77. The van der Waals surface area contributed by atoms with Gasteiger partial charge in [-0.05, 0) is 35.9 Å². The molecule has 2 aromatic rings. The molecule has 0 aliphatic rings. The van der Waals surface area contributed by atoms with Gasteiger partial charge in [0.05, 0.1) is 11.6 Å². The number of nitrogens with two attached hydrogens (primary N) is 1. The van der Waals surface area contributed by atoms with E-state index in [0.29, 0.717) is 5.56 Å². The maximum Gasteiger partial charge on any atom is 0.0991 e. The fourth-order valence-electron chi connectivity index (χ4n) is 2.20. The van der Waals surface area contributed by atoms with E-state index in [1.165, 1.54) is 0 Å². The number of anilines is 1. The van der Waals surface area contributed by atoms with Crippen molar-refractivity contribution in [2.45, 2.75) is 20.0 Å². The Kier molecular flexibility index (Phi) is 4.75. The standard InChI is InChI=1S/C17H19N3/c1-2-20(13-16-8-3-4-9-17(16)19)12-15-7-5-6-14(10-15)11-18/h3-10H,2,12-13,19H2,1H3. The second-order valence-electron chi connectivity index (χ2n) is 4.81. The van der Waals surface area contributed by atoms with Crippen molar-refractivity contribution in [3.05, 3.63) is 65.2 Å². The van der Waals surface area contributed by atoms with Crippen LogP contribution in [0.15, 0.2) is 48.5 Å². The van der Waals surface area contributed by atoms with Gasteiger partial charge in [0.1, 0.15) is 0 Å². The van der Waals surface area contributed by atoms with E-state index in [1.54, 1.807) is 0 Å². The molecule has 0 unspecified atom stereocenters. The van der Waals surface area contributed by atoms with Crippen molar-refractivity contribution in [2.24, 2.45) is 0 Å². The van der Waals surface area contributed by atoms with Gasteiger partial charge in [-0.25, -0.2) is 0 Å². The predicted molar refractivity (Wildman–Crippen MR) is 81.8 cm³/mol. The van der Waals surface area contributed by atoms with Gasteiger partial charge in [0.15, 0.2) is 0 Å². The molecule has 20 heavy (non-hydrogen) atoms. The van der Waals surface area contributed by atoms with Gasteiger partial charge >= 0.3 is 0 Å². The number of rotatable bonds is 5. The number of hydrogen-bond donors (Lipinski definition) is 1. The van der Waals surface area contributed by atoms with Crippen LogP contribution in [-0.4, -0.2) is 11.4 Å². The smallest absolute Gasteiger partial charge is 0.0991 e. The summed E-state index contributed by atoms with van der Waals surface area (Å²) in [4.78, 5) is 2.31. The van der Waals surface area contributed by atoms with Crippen LogP contribution in [-0.2, 0) is 13.1 Å². The van der Waals surface area contributed by atoms with Crippen molar-refractivity contribution < 1.29 is 0 Å². The molecule has 0 aliphatic carbocycles. The Hall–Kier alpha value is -2.31. The van der Waals surface area contributed by atoms with E-state index in [1.807, 2.05) is 36.4 Å². The molecule has 0 aliphatic heterocycles. The Morgan fingerprint density at radius 3 is 2.60 bits per heavy atom. The summed E-state index contributed by atoms with van der Waals surface area (Å²) in [6.07, 6.45) is 0. The highest BCUT2D eigenvalue weighted by Gasteiger charge is 2.07. The first kappa shape index (κ1) is 14.1. The summed E-state index contributed by atoms with van der Waals surface area (Å²) in [5.74, 6) is 0. The number of nitriles is 1. The van der Waals surface area contributed by atoms with Crippen LogP contribution in [0.1, 0.15) is 23.6 Å². The summed E-state index contributed by atoms with van der Waals surface area (Å²) in [5, 5.41) is 8.94. The molecule has 3 nitrogen and oxygen atoms in total. The minimum atomic E-state index is 0.706. The molecule has 0 amide bonds. The maximum absolute atomic E-state index is 8.94. The van der Waals surface area contributed by atoms with E-state index in [2.05, 4.69) is 30.0 Å². The van der Waals surface area contributed by atoms with E-state index in [0.717, 1.165) is 36.4 Å². The lowest BCUT2D eigenvalue weighted by molar-refractivity contribution is 0.272. The Morgan fingerprint density at radius 1 is 1.10 bits per heavy atom. The third-order valence-electron chi connectivity index (χ3n) is 3.36. The first-order valence-corrected chi connectivity index (χ1v) is 6.77. The number of para-hydroxylation sites is 1. The minimum absolute atomic E-state index is 0.706. The third-order valence-corrected chi connectivity index (χ3v) is 3.36. The zero-order chi connectivity index (χ0) is 14.4. The molecule has 0 bridgehead atoms. The Labute approximate surface area is 120 Å². The summed E-state index contributed by atoms with van der Waals surface area (Å²) in [6.45, 7) is 4.71. The SMILES string of the molecule is CCN(Cc1cccc(C#N)c1)Cc1ccccc1N. The van der Waals surface area contributed by atoms with Crippen LogP contribution in [0.2, 0.25) is 0 Å². The molecule has 0 saturated carbocycles. The second kappa shape index (κ2) is 6.74. The molecular formula is C17H19N3. The molecule has 0 aromatic heterocycles. The summed E-state index contributed by atoms with van der Waals surface area (Å²) in [6, 6.07) is 17.9. The van der Waals surface area contributed by atoms with Gasteiger partial charge in [-0.1, -0.05) is 37.3 Å². The van der Waals surface area contributed by atoms with E-state index >= 15 is 0 Å². The number of hydrogen-bond acceptors (Lipinski definition) is 3. The van der Waals surface area contributed by atoms with Crippen molar-refractivity contribution >= 4 is 5.69 Å². The van der Waals surface area contributed by atoms with Crippen LogP contribution in [0.4, 0.5) is 5.69 Å². The summed E-state index contributed by atoms with van der Waals surface area (Å²) < 4.78 is 0. The Bertz CT molecular complexity index is 614. The van der Waals surface area contributed by atoms with Crippen molar-refractivity contribution in [3.63, 3.8) is 0 Å². The largest absolute Gasteiger partial charge is 0.398 e. The molecule has 2 aromatic carbocycles. The molecule has 2 N–H and O–H groups in total. The fourth-order valence-corrected chi connectivity index (χ4v) is 2.20. The fraction of sp³-hybridized carbons (Fsp3) is 0.235. The molecule has 0 fully saturated rings. The van der Waals surface area contributed by atoms with Crippen LogP contribution in [0, 0.1) is 11.3 Å².